The van der Waals surface area contributed by atoms with Gasteiger partial charge in [0.25, 0.3) is 0 Å². The second-order valence-electron chi connectivity index (χ2n) is 6.39. The highest BCUT2D eigenvalue weighted by atomic mass is 15.1. The second kappa shape index (κ2) is 6.06. The Morgan fingerprint density at radius 1 is 1.26 bits per heavy atom. The highest BCUT2D eigenvalue weighted by Crippen LogP contribution is 2.21. The molecule has 1 N–H and O–H groups in total. The third-order valence-electron chi connectivity index (χ3n) is 4.67. The van der Waals surface area contributed by atoms with Crippen molar-refractivity contribution in [3.05, 3.63) is 35.4 Å². The van der Waals surface area contributed by atoms with Gasteiger partial charge in [0.05, 0.1) is 0 Å². The lowest BCUT2D eigenvalue weighted by atomic mass is 9.94. The largest absolute Gasteiger partial charge is 0.313 e. The molecule has 2 aliphatic heterocycles. The molecule has 1 aromatic carbocycles. The van der Waals surface area contributed by atoms with Crippen molar-refractivity contribution in [1.82, 2.24) is 10.2 Å². The van der Waals surface area contributed by atoms with Crippen molar-refractivity contribution in [2.75, 3.05) is 19.6 Å². The molecule has 1 saturated heterocycles. The van der Waals surface area contributed by atoms with E-state index in [-0.39, 0.29) is 0 Å². The molecule has 0 radical (unpaired) electrons. The Bertz CT molecular complexity index is 415. The van der Waals surface area contributed by atoms with E-state index in [0.29, 0.717) is 6.04 Å². The number of benzene rings is 1. The molecular weight excluding hydrogens is 232 g/mol. The minimum absolute atomic E-state index is 0.703. The van der Waals surface area contributed by atoms with E-state index in [4.69, 9.17) is 0 Å². The van der Waals surface area contributed by atoms with E-state index in [0.717, 1.165) is 12.5 Å². The molecule has 0 amide bonds. The van der Waals surface area contributed by atoms with Gasteiger partial charge in [0, 0.05) is 19.1 Å². The molecule has 1 aromatic rings. The number of hydrogen-bond donors (Lipinski definition) is 1. The molecule has 0 saturated carbocycles. The SMILES string of the molecule is CC1CCNC(CN2CCCc3ccccc3C2)C1. The molecule has 2 aliphatic rings. The van der Waals surface area contributed by atoms with E-state index in [1.54, 1.807) is 11.1 Å². The molecule has 104 valence electrons. The minimum Gasteiger partial charge on any atom is -0.313 e. The Hall–Kier alpha value is -0.860. The number of nitrogens with one attached hydrogen (secondary N) is 1. The van der Waals surface area contributed by atoms with Crippen molar-refractivity contribution >= 4 is 0 Å². The van der Waals surface area contributed by atoms with Gasteiger partial charge in [-0.2, -0.15) is 0 Å². The van der Waals surface area contributed by atoms with Crippen molar-refractivity contribution < 1.29 is 0 Å². The topological polar surface area (TPSA) is 15.3 Å². The van der Waals surface area contributed by atoms with Gasteiger partial charge >= 0.3 is 0 Å². The van der Waals surface area contributed by atoms with Gasteiger partial charge in [-0.3, -0.25) is 4.90 Å². The van der Waals surface area contributed by atoms with Gasteiger partial charge in [-0.05, 0) is 55.8 Å². The number of hydrogen-bond acceptors (Lipinski definition) is 2. The summed E-state index contributed by atoms with van der Waals surface area (Å²) >= 11 is 0. The Morgan fingerprint density at radius 3 is 2.95 bits per heavy atom. The molecule has 0 aromatic heterocycles. The summed E-state index contributed by atoms with van der Waals surface area (Å²) < 4.78 is 0. The van der Waals surface area contributed by atoms with Crippen LogP contribution in [0.5, 0.6) is 0 Å². The van der Waals surface area contributed by atoms with Crippen molar-refractivity contribution in [1.29, 1.82) is 0 Å². The van der Waals surface area contributed by atoms with Gasteiger partial charge < -0.3 is 5.32 Å². The summed E-state index contributed by atoms with van der Waals surface area (Å²) in [5.74, 6) is 0.894. The molecule has 0 aliphatic carbocycles. The van der Waals surface area contributed by atoms with Crippen molar-refractivity contribution in [2.45, 2.75) is 45.2 Å². The van der Waals surface area contributed by atoms with Crippen LogP contribution in [0.1, 0.15) is 37.3 Å². The quantitative estimate of drug-likeness (QED) is 0.877. The predicted octanol–water partition coefficient (Wildman–Crippen LogP) is 2.82. The molecule has 2 unspecified atom stereocenters. The molecule has 0 bridgehead atoms. The first-order valence-corrected chi connectivity index (χ1v) is 7.84. The zero-order valence-corrected chi connectivity index (χ0v) is 12.1. The van der Waals surface area contributed by atoms with Gasteiger partial charge in [0.2, 0.25) is 0 Å². The Morgan fingerprint density at radius 2 is 2.11 bits per heavy atom. The lowest BCUT2D eigenvalue weighted by molar-refractivity contribution is 0.202. The van der Waals surface area contributed by atoms with Crippen LogP contribution in [0.3, 0.4) is 0 Å². The maximum atomic E-state index is 3.70. The van der Waals surface area contributed by atoms with Gasteiger partial charge in [-0.1, -0.05) is 31.2 Å². The first kappa shape index (κ1) is 13.1. The standard InChI is InChI=1S/C17H26N2/c1-14-8-9-18-17(11-14)13-19-10-4-7-15-5-2-3-6-16(15)12-19/h2-3,5-6,14,17-18H,4,7-13H2,1H3. The first-order valence-electron chi connectivity index (χ1n) is 7.84. The Labute approximate surface area is 117 Å². The van der Waals surface area contributed by atoms with Crippen LogP contribution < -0.4 is 5.32 Å². The maximum Gasteiger partial charge on any atom is 0.0237 e. The average Bonchev–Trinajstić information content (AvgIpc) is 2.60. The fraction of sp³-hybridized carbons (Fsp3) is 0.647. The summed E-state index contributed by atoms with van der Waals surface area (Å²) in [6.07, 6.45) is 5.25. The average molecular weight is 258 g/mol. The fourth-order valence-electron chi connectivity index (χ4n) is 3.60. The predicted molar refractivity (Wildman–Crippen MR) is 80.2 cm³/mol. The number of rotatable bonds is 2. The van der Waals surface area contributed by atoms with Crippen LogP contribution in [-0.4, -0.2) is 30.6 Å². The van der Waals surface area contributed by atoms with E-state index in [1.165, 1.54) is 45.3 Å². The second-order valence-corrected chi connectivity index (χ2v) is 6.39. The maximum absolute atomic E-state index is 3.70. The summed E-state index contributed by atoms with van der Waals surface area (Å²) in [6.45, 7) is 7.21. The molecule has 1 fully saturated rings. The van der Waals surface area contributed by atoms with Crippen LogP contribution in [0.2, 0.25) is 0 Å². The van der Waals surface area contributed by atoms with E-state index >= 15 is 0 Å². The summed E-state index contributed by atoms with van der Waals surface area (Å²) in [7, 11) is 0. The van der Waals surface area contributed by atoms with Gasteiger partial charge in [-0.15, -0.1) is 0 Å². The molecular formula is C17H26N2. The third-order valence-corrected chi connectivity index (χ3v) is 4.67. The minimum atomic E-state index is 0.703. The van der Waals surface area contributed by atoms with Crippen LogP contribution >= 0.6 is 0 Å². The molecule has 3 rings (SSSR count). The lowest BCUT2D eigenvalue weighted by Crippen LogP contribution is -2.45. The van der Waals surface area contributed by atoms with Crippen LogP contribution in [0, 0.1) is 5.92 Å². The monoisotopic (exact) mass is 258 g/mol. The third kappa shape index (κ3) is 3.37. The van der Waals surface area contributed by atoms with Gasteiger partial charge in [0.1, 0.15) is 0 Å². The lowest BCUT2D eigenvalue weighted by Gasteiger charge is -2.32. The van der Waals surface area contributed by atoms with Crippen molar-refractivity contribution in [3.63, 3.8) is 0 Å². The highest BCUT2D eigenvalue weighted by molar-refractivity contribution is 5.28. The van der Waals surface area contributed by atoms with Crippen LogP contribution in [0.25, 0.3) is 0 Å². The smallest absolute Gasteiger partial charge is 0.0237 e. The van der Waals surface area contributed by atoms with Gasteiger partial charge in [-0.25, -0.2) is 0 Å². The van der Waals surface area contributed by atoms with Crippen LogP contribution in [-0.2, 0) is 13.0 Å². The van der Waals surface area contributed by atoms with E-state index in [9.17, 15) is 0 Å². The fourth-order valence-corrected chi connectivity index (χ4v) is 3.60. The van der Waals surface area contributed by atoms with Crippen molar-refractivity contribution in [3.8, 4) is 0 Å². The summed E-state index contributed by atoms with van der Waals surface area (Å²) in [5, 5.41) is 3.70. The molecule has 2 heterocycles. The molecule has 19 heavy (non-hydrogen) atoms. The van der Waals surface area contributed by atoms with E-state index < -0.39 is 0 Å². The molecule has 0 spiro atoms. The summed E-state index contributed by atoms with van der Waals surface area (Å²) in [4.78, 5) is 2.65. The molecule has 2 atom stereocenters. The number of nitrogens with zero attached hydrogens (tertiary/aromatic N) is 1. The Balaban J connectivity index is 1.63. The summed E-state index contributed by atoms with van der Waals surface area (Å²) in [6, 6.07) is 9.68. The van der Waals surface area contributed by atoms with Gasteiger partial charge in [0.15, 0.2) is 0 Å². The van der Waals surface area contributed by atoms with Crippen molar-refractivity contribution in [2.24, 2.45) is 5.92 Å². The number of fused-ring (bicyclic) bond motifs is 1. The highest BCUT2D eigenvalue weighted by Gasteiger charge is 2.22. The van der Waals surface area contributed by atoms with E-state index in [2.05, 4.69) is 41.4 Å². The van der Waals surface area contributed by atoms with Crippen LogP contribution in [0.15, 0.2) is 24.3 Å². The Kier molecular flexibility index (Phi) is 4.19. The van der Waals surface area contributed by atoms with Crippen LogP contribution in [0.4, 0.5) is 0 Å². The van der Waals surface area contributed by atoms with E-state index in [1.807, 2.05) is 0 Å². The normalized spacial score (nSPS) is 28.7. The number of piperidine rings is 1. The summed E-state index contributed by atoms with van der Waals surface area (Å²) in [5.41, 5.74) is 3.11. The molecule has 2 heteroatoms. The molecule has 2 nitrogen and oxygen atoms in total. The first-order chi connectivity index (χ1) is 9.31. The zero-order valence-electron chi connectivity index (χ0n) is 12.1. The number of aryl methyl sites for hydroxylation is 1. The zero-order chi connectivity index (χ0) is 13.1.